The molecule has 2 rings (SSSR count). The summed E-state index contributed by atoms with van der Waals surface area (Å²) in [5, 5.41) is 0. The van der Waals surface area contributed by atoms with Gasteiger partial charge in [-0.15, -0.1) is 0 Å². The van der Waals surface area contributed by atoms with Crippen molar-refractivity contribution in [3.05, 3.63) is 42.5 Å². The Morgan fingerprint density at radius 2 is 1.90 bits per heavy atom. The predicted octanol–water partition coefficient (Wildman–Crippen LogP) is 4.32. The van der Waals surface area contributed by atoms with Crippen LogP contribution in [0.5, 0.6) is 0 Å². The Labute approximate surface area is 181 Å². The number of esters is 2. The summed E-state index contributed by atoms with van der Waals surface area (Å²) in [6.07, 6.45) is 3.44. The fourth-order valence-electron chi connectivity index (χ4n) is 3.85. The van der Waals surface area contributed by atoms with Gasteiger partial charge in [-0.3, -0.25) is 0 Å². The van der Waals surface area contributed by atoms with Gasteiger partial charge in [0.25, 0.3) is 0 Å². The summed E-state index contributed by atoms with van der Waals surface area (Å²) < 4.78 is 12.3. The van der Waals surface area contributed by atoms with E-state index in [4.69, 9.17) is 9.47 Å². The van der Waals surface area contributed by atoms with E-state index < -0.39 is 5.97 Å². The summed E-state index contributed by atoms with van der Waals surface area (Å²) in [6.45, 7) is 12.6. The van der Waals surface area contributed by atoms with E-state index in [1.165, 1.54) is 6.42 Å². The molecule has 4 nitrogen and oxygen atoms in total. The third-order valence-corrected chi connectivity index (χ3v) is 8.00. The molecule has 1 fully saturated rings. The van der Waals surface area contributed by atoms with Crippen LogP contribution in [0.25, 0.3) is 0 Å². The van der Waals surface area contributed by atoms with Crippen molar-refractivity contribution in [3.8, 4) is 0 Å². The minimum absolute atomic E-state index is 0.0452. The molecule has 0 N–H and O–H groups in total. The molecule has 0 radical (unpaired) electrons. The van der Waals surface area contributed by atoms with Gasteiger partial charge in [-0.1, -0.05) is 0 Å². The van der Waals surface area contributed by atoms with E-state index >= 15 is 0 Å². The summed E-state index contributed by atoms with van der Waals surface area (Å²) in [5.41, 5.74) is 0.337. The van der Waals surface area contributed by atoms with E-state index in [-0.39, 0.29) is 38.3 Å². The topological polar surface area (TPSA) is 52.6 Å². The van der Waals surface area contributed by atoms with Gasteiger partial charge in [0.2, 0.25) is 0 Å². The van der Waals surface area contributed by atoms with Gasteiger partial charge in [-0.05, 0) is 0 Å². The zero-order chi connectivity index (χ0) is 21.4. The SMILES string of the molecule is C=C(CC([Se]c1ccccc1)C(=O)O[C@@H]1C[C@H](C)CC[C@H]1C(C)C)C(=O)OCC. The van der Waals surface area contributed by atoms with Crippen LogP contribution in [0.4, 0.5) is 0 Å². The van der Waals surface area contributed by atoms with Gasteiger partial charge >= 0.3 is 182 Å². The maximum atomic E-state index is 13.2. The molecular weight excluding hydrogens is 431 g/mol. The Morgan fingerprint density at radius 1 is 1.21 bits per heavy atom. The fourth-order valence-corrected chi connectivity index (χ4v) is 6.12. The van der Waals surface area contributed by atoms with Crippen LogP contribution in [-0.2, 0) is 19.1 Å². The van der Waals surface area contributed by atoms with Gasteiger partial charge in [-0.25, -0.2) is 0 Å². The van der Waals surface area contributed by atoms with Crippen molar-refractivity contribution in [3.63, 3.8) is 0 Å². The molecule has 4 atom stereocenters. The van der Waals surface area contributed by atoms with Gasteiger partial charge in [0.05, 0.1) is 0 Å². The average Bonchev–Trinajstić information content (AvgIpc) is 2.68. The van der Waals surface area contributed by atoms with E-state index in [0.29, 0.717) is 29.9 Å². The van der Waals surface area contributed by atoms with Crippen LogP contribution in [0.1, 0.15) is 53.4 Å². The molecule has 29 heavy (non-hydrogen) atoms. The van der Waals surface area contributed by atoms with Crippen LogP contribution in [0.2, 0.25) is 4.82 Å². The van der Waals surface area contributed by atoms with Crippen molar-refractivity contribution >= 4 is 31.4 Å². The maximum absolute atomic E-state index is 13.2. The van der Waals surface area contributed by atoms with E-state index in [9.17, 15) is 9.59 Å². The second kappa shape index (κ2) is 11.6. The molecule has 1 saturated carbocycles. The first kappa shape index (κ1) is 23.7. The summed E-state index contributed by atoms with van der Waals surface area (Å²) in [6, 6.07) is 9.94. The van der Waals surface area contributed by atoms with Crippen molar-refractivity contribution in [2.75, 3.05) is 6.61 Å². The van der Waals surface area contributed by atoms with Gasteiger partial charge in [0.15, 0.2) is 0 Å². The van der Waals surface area contributed by atoms with Crippen LogP contribution >= 0.6 is 0 Å². The van der Waals surface area contributed by atoms with Gasteiger partial charge in [-0.2, -0.15) is 0 Å². The van der Waals surface area contributed by atoms with Crippen molar-refractivity contribution in [2.45, 2.75) is 64.3 Å². The molecule has 0 bridgehead atoms. The molecule has 1 aromatic rings. The first-order chi connectivity index (χ1) is 13.8. The minimum atomic E-state index is -0.430. The molecule has 1 aliphatic carbocycles. The average molecular weight is 465 g/mol. The molecule has 0 heterocycles. The van der Waals surface area contributed by atoms with Crippen LogP contribution in [-0.4, -0.2) is 39.6 Å². The number of rotatable bonds is 9. The first-order valence-corrected chi connectivity index (χ1v) is 12.4. The normalized spacial score (nSPS) is 22.7. The standard InChI is InChI=1S/C24H34O4Se/c1-6-27-23(25)18(5)15-22(29-19-10-8-7-9-11-19)24(26)28-21-14-17(4)12-13-20(21)16(2)3/h7-11,16-17,20-22H,5-6,12-15H2,1-4H3/t17-,20+,21-,22?/m1/s1. The molecule has 0 saturated heterocycles. The molecule has 0 amide bonds. The third kappa shape index (κ3) is 7.31. The number of benzene rings is 1. The fraction of sp³-hybridized carbons (Fsp3) is 0.583. The number of carbonyl (C=O) groups excluding carboxylic acids is 2. The second-order valence-corrected chi connectivity index (χ2v) is 10.9. The summed E-state index contributed by atoms with van der Waals surface area (Å²) in [4.78, 5) is 24.9. The van der Waals surface area contributed by atoms with Gasteiger partial charge in [0.1, 0.15) is 0 Å². The van der Waals surface area contributed by atoms with E-state index in [1.54, 1.807) is 6.92 Å². The Balaban J connectivity index is 2.14. The molecule has 1 aromatic carbocycles. The zero-order valence-corrected chi connectivity index (χ0v) is 19.8. The van der Waals surface area contributed by atoms with E-state index in [0.717, 1.165) is 17.3 Å². The molecule has 0 spiro atoms. The summed E-state index contributed by atoms with van der Waals surface area (Å²) in [7, 11) is 0. The third-order valence-electron chi connectivity index (χ3n) is 5.51. The monoisotopic (exact) mass is 466 g/mol. The van der Waals surface area contributed by atoms with Gasteiger partial charge < -0.3 is 0 Å². The van der Waals surface area contributed by atoms with Gasteiger partial charge in [0, 0.05) is 0 Å². The molecule has 0 aliphatic heterocycles. The summed E-state index contributed by atoms with van der Waals surface area (Å²) >= 11 is -0.151. The van der Waals surface area contributed by atoms with E-state index in [2.05, 4.69) is 27.4 Å². The van der Waals surface area contributed by atoms with E-state index in [1.807, 2.05) is 30.3 Å². The number of hydrogen-bond acceptors (Lipinski definition) is 4. The first-order valence-electron chi connectivity index (χ1n) is 10.6. The molecule has 5 heteroatoms. The van der Waals surface area contributed by atoms with Crippen LogP contribution in [0, 0.1) is 17.8 Å². The Kier molecular flexibility index (Phi) is 9.45. The van der Waals surface area contributed by atoms with Crippen LogP contribution in [0.3, 0.4) is 0 Å². The Morgan fingerprint density at radius 3 is 2.52 bits per heavy atom. The van der Waals surface area contributed by atoms with Crippen LogP contribution < -0.4 is 4.46 Å². The molecule has 1 aliphatic rings. The number of ether oxygens (including phenoxy) is 2. The van der Waals surface area contributed by atoms with Crippen molar-refractivity contribution < 1.29 is 19.1 Å². The molecule has 160 valence electrons. The van der Waals surface area contributed by atoms with Crippen molar-refractivity contribution in [2.24, 2.45) is 17.8 Å². The predicted molar refractivity (Wildman–Crippen MR) is 117 cm³/mol. The van der Waals surface area contributed by atoms with Crippen molar-refractivity contribution in [1.82, 2.24) is 0 Å². The van der Waals surface area contributed by atoms with Crippen molar-refractivity contribution in [1.29, 1.82) is 0 Å². The molecule has 0 aromatic heterocycles. The molecular formula is C24H34O4Se. The Bertz CT molecular complexity index is 685. The summed E-state index contributed by atoms with van der Waals surface area (Å²) in [5.74, 6) is 0.807. The number of carbonyl (C=O) groups is 2. The molecule has 1 unspecified atom stereocenters. The number of hydrogen-bond donors (Lipinski definition) is 0. The Hall–Kier alpha value is -1.58. The quantitative estimate of drug-likeness (QED) is 0.310. The van der Waals surface area contributed by atoms with Crippen LogP contribution in [0.15, 0.2) is 42.5 Å². The zero-order valence-electron chi connectivity index (χ0n) is 18.1. The second-order valence-electron chi connectivity index (χ2n) is 8.25.